The molecule has 1 N–H and O–H groups in total. The molecule has 1 aliphatic carbocycles. The summed E-state index contributed by atoms with van der Waals surface area (Å²) >= 11 is 0. The third-order valence-electron chi connectivity index (χ3n) is 3.25. The van der Waals surface area contributed by atoms with E-state index in [1.165, 1.54) is 0 Å². The molecule has 2 nitrogen and oxygen atoms in total. The van der Waals surface area contributed by atoms with Crippen molar-refractivity contribution in [3.05, 3.63) is 12.2 Å². The number of hydrogen-bond acceptors (Lipinski definition) is 2. The first-order chi connectivity index (χ1) is 5.95. The van der Waals surface area contributed by atoms with Gasteiger partial charge in [-0.05, 0) is 32.1 Å². The summed E-state index contributed by atoms with van der Waals surface area (Å²) in [5, 5.41) is 9.79. The van der Waals surface area contributed by atoms with Gasteiger partial charge in [0.05, 0.1) is 6.10 Å². The Kier molecular flexibility index (Phi) is 2.91. The lowest BCUT2D eigenvalue weighted by atomic mass is 9.91. The summed E-state index contributed by atoms with van der Waals surface area (Å²) in [4.78, 5) is 11.2. The molecule has 4 unspecified atom stereocenters. The Morgan fingerprint density at radius 2 is 1.92 bits per heavy atom. The molecular weight excluding hydrogens is 164 g/mol. The van der Waals surface area contributed by atoms with Crippen LogP contribution in [0.25, 0.3) is 0 Å². The van der Waals surface area contributed by atoms with E-state index in [9.17, 15) is 9.90 Å². The monoisotopic (exact) mass is 182 g/mol. The number of Topliss-reactive ketones (excluding diaryl/α,β-unsaturated/α-hetero) is 1. The minimum absolute atomic E-state index is 0.100. The van der Waals surface area contributed by atoms with Crippen molar-refractivity contribution in [2.45, 2.75) is 33.3 Å². The molecule has 1 aliphatic rings. The molecule has 13 heavy (non-hydrogen) atoms. The Hall–Kier alpha value is -0.630. The molecule has 0 amide bonds. The van der Waals surface area contributed by atoms with Gasteiger partial charge in [-0.25, -0.2) is 0 Å². The van der Waals surface area contributed by atoms with Crippen LogP contribution in [0.15, 0.2) is 12.2 Å². The van der Waals surface area contributed by atoms with Crippen LogP contribution in [0.1, 0.15) is 27.2 Å². The van der Waals surface area contributed by atoms with Crippen molar-refractivity contribution in [2.75, 3.05) is 0 Å². The van der Waals surface area contributed by atoms with Crippen LogP contribution in [0.3, 0.4) is 0 Å². The first-order valence-electron chi connectivity index (χ1n) is 4.79. The molecule has 1 fully saturated rings. The quantitative estimate of drug-likeness (QED) is 0.661. The SMILES string of the molecule is C=C(C)C1CC(C(C)=O)C(O)C1C. The predicted molar refractivity (Wildman–Crippen MR) is 52.3 cm³/mol. The molecule has 1 rings (SSSR count). The number of aliphatic hydroxyl groups excluding tert-OH is 1. The maximum atomic E-state index is 11.2. The first kappa shape index (κ1) is 10.5. The largest absolute Gasteiger partial charge is 0.392 e. The van der Waals surface area contributed by atoms with Crippen molar-refractivity contribution in [1.82, 2.24) is 0 Å². The van der Waals surface area contributed by atoms with Gasteiger partial charge in [0.1, 0.15) is 5.78 Å². The average Bonchev–Trinajstić information content (AvgIpc) is 2.29. The molecular formula is C11H18O2. The van der Waals surface area contributed by atoms with Gasteiger partial charge >= 0.3 is 0 Å². The van der Waals surface area contributed by atoms with Crippen LogP contribution in [0, 0.1) is 17.8 Å². The highest BCUT2D eigenvalue weighted by Crippen LogP contribution is 2.40. The average molecular weight is 182 g/mol. The Labute approximate surface area is 79.6 Å². The second kappa shape index (κ2) is 3.62. The van der Waals surface area contributed by atoms with E-state index in [-0.39, 0.29) is 17.6 Å². The van der Waals surface area contributed by atoms with Crippen LogP contribution in [-0.4, -0.2) is 17.0 Å². The predicted octanol–water partition coefficient (Wildman–Crippen LogP) is 1.78. The van der Waals surface area contributed by atoms with E-state index in [1.807, 2.05) is 13.8 Å². The van der Waals surface area contributed by atoms with Crippen molar-refractivity contribution in [3.63, 3.8) is 0 Å². The number of allylic oxidation sites excluding steroid dienone is 1. The fraction of sp³-hybridized carbons (Fsp3) is 0.727. The van der Waals surface area contributed by atoms with Gasteiger partial charge in [-0.15, -0.1) is 0 Å². The second-order valence-corrected chi connectivity index (χ2v) is 4.26. The van der Waals surface area contributed by atoms with Crippen molar-refractivity contribution in [2.24, 2.45) is 17.8 Å². The van der Waals surface area contributed by atoms with E-state index in [0.717, 1.165) is 12.0 Å². The molecule has 0 aromatic heterocycles. The summed E-state index contributed by atoms with van der Waals surface area (Å²) in [7, 11) is 0. The highest BCUT2D eigenvalue weighted by atomic mass is 16.3. The fourth-order valence-electron chi connectivity index (χ4n) is 2.29. The number of aliphatic hydroxyl groups is 1. The second-order valence-electron chi connectivity index (χ2n) is 4.26. The van der Waals surface area contributed by atoms with E-state index in [0.29, 0.717) is 5.92 Å². The van der Waals surface area contributed by atoms with E-state index >= 15 is 0 Å². The molecule has 0 aliphatic heterocycles. The van der Waals surface area contributed by atoms with Gasteiger partial charge in [0.15, 0.2) is 0 Å². The highest BCUT2D eigenvalue weighted by Gasteiger charge is 2.41. The molecule has 0 aromatic rings. The van der Waals surface area contributed by atoms with Gasteiger partial charge in [-0.3, -0.25) is 4.79 Å². The number of carbonyl (C=O) groups is 1. The minimum atomic E-state index is -0.473. The maximum absolute atomic E-state index is 11.2. The zero-order valence-corrected chi connectivity index (χ0v) is 8.58. The fourth-order valence-corrected chi connectivity index (χ4v) is 2.29. The smallest absolute Gasteiger partial charge is 0.135 e. The maximum Gasteiger partial charge on any atom is 0.135 e. The van der Waals surface area contributed by atoms with E-state index in [2.05, 4.69) is 6.58 Å². The first-order valence-corrected chi connectivity index (χ1v) is 4.79. The number of rotatable bonds is 2. The van der Waals surface area contributed by atoms with Crippen LogP contribution in [0.2, 0.25) is 0 Å². The number of carbonyl (C=O) groups excluding carboxylic acids is 1. The van der Waals surface area contributed by atoms with Gasteiger partial charge < -0.3 is 5.11 Å². The van der Waals surface area contributed by atoms with E-state index in [4.69, 9.17) is 0 Å². The van der Waals surface area contributed by atoms with E-state index < -0.39 is 6.10 Å². The van der Waals surface area contributed by atoms with Crippen molar-refractivity contribution < 1.29 is 9.90 Å². The van der Waals surface area contributed by atoms with Crippen molar-refractivity contribution in [3.8, 4) is 0 Å². The van der Waals surface area contributed by atoms with Crippen LogP contribution >= 0.6 is 0 Å². The lowest BCUT2D eigenvalue weighted by Gasteiger charge is -2.17. The van der Waals surface area contributed by atoms with E-state index in [1.54, 1.807) is 6.92 Å². The highest BCUT2D eigenvalue weighted by molar-refractivity contribution is 5.79. The molecule has 0 heterocycles. The molecule has 74 valence electrons. The summed E-state index contributed by atoms with van der Waals surface area (Å²) < 4.78 is 0. The lowest BCUT2D eigenvalue weighted by Crippen LogP contribution is -2.24. The molecule has 2 heteroatoms. The number of ketones is 1. The molecule has 0 radical (unpaired) electrons. The minimum Gasteiger partial charge on any atom is -0.392 e. The summed E-state index contributed by atoms with van der Waals surface area (Å²) in [6.45, 7) is 9.41. The zero-order valence-electron chi connectivity index (χ0n) is 8.58. The third-order valence-corrected chi connectivity index (χ3v) is 3.25. The standard InChI is InChI=1S/C11H18O2/c1-6(2)9-5-10(8(4)12)11(13)7(9)3/h7,9-11,13H,1,5H2,2-4H3. The normalized spacial score (nSPS) is 39.1. The topological polar surface area (TPSA) is 37.3 Å². The van der Waals surface area contributed by atoms with Gasteiger partial charge in [-0.2, -0.15) is 0 Å². The Balaban J connectivity index is 2.78. The Morgan fingerprint density at radius 3 is 2.15 bits per heavy atom. The molecule has 4 atom stereocenters. The summed E-state index contributed by atoms with van der Waals surface area (Å²) in [5.74, 6) is 0.412. The van der Waals surface area contributed by atoms with Gasteiger partial charge in [0, 0.05) is 5.92 Å². The Bertz CT molecular complexity index is 208. The zero-order chi connectivity index (χ0) is 10.2. The third kappa shape index (κ3) is 1.83. The molecule has 0 aromatic carbocycles. The van der Waals surface area contributed by atoms with Crippen molar-refractivity contribution in [1.29, 1.82) is 0 Å². The van der Waals surface area contributed by atoms with Crippen LogP contribution < -0.4 is 0 Å². The molecule has 1 saturated carbocycles. The van der Waals surface area contributed by atoms with Gasteiger partial charge in [0.2, 0.25) is 0 Å². The van der Waals surface area contributed by atoms with Crippen LogP contribution in [0.5, 0.6) is 0 Å². The lowest BCUT2D eigenvalue weighted by molar-refractivity contribution is -0.123. The Morgan fingerprint density at radius 1 is 1.38 bits per heavy atom. The summed E-state index contributed by atoms with van der Waals surface area (Å²) in [6, 6.07) is 0. The van der Waals surface area contributed by atoms with Gasteiger partial charge in [-0.1, -0.05) is 19.1 Å². The van der Waals surface area contributed by atoms with Crippen LogP contribution in [-0.2, 0) is 4.79 Å². The van der Waals surface area contributed by atoms with Crippen LogP contribution in [0.4, 0.5) is 0 Å². The molecule has 0 spiro atoms. The number of hydrogen-bond donors (Lipinski definition) is 1. The molecule has 0 bridgehead atoms. The van der Waals surface area contributed by atoms with Crippen molar-refractivity contribution >= 4 is 5.78 Å². The summed E-state index contributed by atoms with van der Waals surface area (Å²) in [6.07, 6.45) is 0.298. The molecule has 0 saturated heterocycles. The van der Waals surface area contributed by atoms with Gasteiger partial charge in [0.25, 0.3) is 0 Å². The summed E-state index contributed by atoms with van der Waals surface area (Å²) in [5.41, 5.74) is 1.08.